The molecule has 0 saturated heterocycles. The molecule has 0 aliphatic heterocycles. The molecule has 0 saturated carbocycles. The molecule has 1 heterocycles. The summed E-state index contributed by atoms with van der Waals surface area (Å²) in [4.78, 5) is 10.6. The third-order valence-corrected chi connectivity index (χ3v) is 1.74. The van der Waals surface area contributed by atoms with Gasteiger partial charge in [0.25, 0.3) is 0 Å². The normalized spacial score (nSPS) is 9.46. The molecule has 0 aliphatic carbocycles. The topological polar surface area (TPSA) is 66.0 Å². The van der Waals surface area contributed by atoms with Gasteiger partial charge in [0.2, 0.25) is 0 Å². The average Bonchev–Trinajstić information content (AvgIpc) is 2.53. The smallest absolute Gasteiger partial charge is 0.352 e. The van der Waals surface area contributed by atoms with Gasteiger partial charge in [0.15, 0.2) is 0 Å². The minimum atomic E-state index is -0.929. The van der Waals surface area contributed by atoms with Crippen LogP contribution < -0.4 is 0 Å². The first-order valence-corrected chi connectivity index (χ1v) is 4.01. The first-order valence-electron chi connectivity index (χ1n) is 4.01. The lowest BCUT2D eigenvalue weighted by Crippen LogP contribution is -2.07. The largest absolute Gasteiger partial charge is 0.477 e. The van der Waals surface area contributed by atoms with E-state index < -0.39 is 5.97 Å². The Bertz CT molecular complexity index is 336. The molecule has 13 heavy (non-hydrogen) atoms. The highest BCUT2D eigenvalue weighted by Crippen LogP contribution is 2.04. The molecule has 4 nitrogen and oxygen atoms in total. The van der Waals surface area contributed by atoms with Crippen molar-refractivity contribution < 1.29 is 9.90 Å². The van der Waals surface area contributed by atoms with Gasteiger partial charge in [0.05, 0.1) is 6.07 Å². The third-order valence-electron chi connectivity index (χ3n) is 1.74. The van der Waals surface area contributed by atoms with Crippen LogP contribution in [0.2, 0.25) is 0 Å². The summed E-state index contributed by atoms with van der Waals surface area (Å²) in [5.74, 6) is -0.929. The monoisotopic (exact) mass is 178 g/mol. The number of carboxylic acids is 1. The maximum Gasteiger partial charge on any atom is 0.352 e. The zero-order chi connectivity index (χ0) is 9.68. The van der Waals surface area contributed by atoms with E-state index in [-0.39, 0.29) is 5.69 Å². The molecule has 1 aromatic heterocycles. The van der Waals surface area contributed by atoms with E-state index in [0.717, 1.165) is 0 Å². The molecule has 0 fully saturated rings. The number of carboxylic acid groups (broad SMARTS) is 1. The molecule has 0 aromatic carbocycles. The molecule has 1 aromatic rings. The lowest BCUT2D eigenvalue weighted by Gasteiger charge is -2.03. The van der Waals surface area contributed by atoms with Gasteiger partial charge in [-0.1, -0.05) is 0 Å². The molecular weight excluding hydrogens is 168 g/mol. The summed E-state index contributed by atoms with van der Waals surface area (Å²) in [5, 5.41) is 17.0. The number of nitriles is 1. The van der Waals surface area contributed by atoms with Crippen molar-refractivity contribution in [3.63, 3.8) is 0 Å². The molecule has 0 spiro atoms. The van der Waals surface area contributed by atoms with Crippen molar-refractivity contribution in [3.05, 3.63) is 24.0 Å². The molecule has 0 amide bonds. The standard InChI is InChI=1S/C9H10N2O2/c10-5-1-2-6-11-7-3-4-8(11)9(12)13/h3-4,7H,1-2,6H2,(H,12,13). The zero-order valence-corrected chi connectivity index (χ0v) is 7.10. The van der Waals surface area contributed by atoms with E-state index in [1.54, 1.807) is 22.9 Å². The van der Waals surface area contributed by atoms with Crippen molar-refractivity contribution in [1.29, 1.82) is 5.26 Å². The Kier molecular flexibility index (Phi) is 3.09. The van der Waals surface area contributed by atoms with Crippen LogP contribution >= 0.6 is 0 Å². The fourth-order valence-corrected chi connectivity index (χ4v) is 1.13. The number of aromatic carboxylic acids is 1. The van der Waals surface area contributed by atoms with E-state index in [9.17, 15) is 4.79 Å². The van der Waals surface area contributed by atoms with Gasteiger partial charge in [-0.05, 0) is 18.6 Å². The van der Waals surface area contributed by atoms with Crippen molar-refractivity contribution in [3.8, 4) is 6.07 Å². The second-order valence-electron chi connectivity index (χ2n) is 2.65. The van der Waals surface area contributed by atoms with Gasteiger partial charge in [-0.2, -0.15) is 5.26 Å². The Labute approximate surface area is 76.0 Å². The second kappa shape index (κ2) is 4.31. The summed E-state index contributed by atoms with van der Waals surface area (Å²) in [6.45, 7) is 0.586. The number of carbonyl (C=O) groups is 1. The van der Waals surface area contributed by atoms with Gasteiger partial charge in [-0.3, -0.25) is 0 Å². The SMILES string of the molecule is N#CCCCn1cccc1C(=O)O. The van der Waals surface area contributed by atoms with Crippen LogP contribution in [-0.4, -0.2) is 15.6 Å². The van der Waals surface area contributed by atoms with E-state index in [1.165, 1.54) is 0 Å². The fourth-order valence-electron chi connectivity index (χ4n) is 1.13. The average molecular weight is 178 g/mol. The Morgan fingerprint density at radius 3 is 3.08 bits per heavy atom. The highest BCUT2D eigenvalue weighted by atomic mass is 16.4. The number of aromatic nitrogens is 1. The highest BCUT2D eigenvalue weighted by molar-refractivity contribution is 5.85. The maximum absolute atomic E-state index is 10.6. The van der Waals surface area contributed by atoms with Crippen molar-refractivity contribution >= 4 is 5.97 Å². The molecule has 0 unspecified atom stereocenters. The minimum absolute atomic E-state index is 0.276. The van der Waals surface area contributed by atoms with E-state index >= 15 is 0 Å². The van der Waals surface area contributed by atoms with Crippen LogP contribution in [0.25, 0.3) is 0 Å². The van der Waals surface area contributed by atoms with Gasteiger partial charge in [0, 0.05) is 19.2 Å². The van der Waals surface area contributed by atoms with Crippen molar-refractivity contribution in [2.75, 3.05) is 0 Å². The van der Waals surface area contributed by atoms with E-state index in [2.05, 4.69) is 0 Å². The van der Waals surface area contributed by atoms with Crippen LogP contribution in [-0.2, 0) is 6.54 Å². The van der Waals surface area contributed by atoms with Gasteiger partial charge in [-0.25, -0.2) is 4.79 Å². The number of hydrogen-bond donors (Lipinski definition) is 1. The minimum Gasteiger partial charge on any atom is -0.477 e. The van der Waals surface area contributed by atoms with Crippen LogP contribution in [0.4, 0.5) is 0 Å². The number of rotatable bonds is 4. The van der Waals surface area contributed by atoms with Crippen molar-refractivity contribution in [2.24, 2.45) is 0 Å². The second-order valence-corrected chi connectivity index (χ2v) is 2.65. The summed E-state index contributed by atoms with van der Waals surface area (Å²) in [5.41, 5.74) is 0.276. The molecule has 1 N–H and O–H groups in total. The third kappa shape index (κ3) is 2.34. The summed E-state index contributed by atoms with van der Waals surface area (Å²) in [7, 11) is 0. The lowest BCUT2D eigenvalue weighted by atomic mass is 10.3. The maximum atomic E-state index is 10.6. The first kappa shape index (κ1) is 9.33. The van der Waals surface area contributed by atoms with Crippen LogP contribution in [0, 0.1) is 11.3 Å². The van der Waals surface area contributed by atoms with Gasteiger partial charge >= 0.3 is 5.97 Å². The Morgan fingerprint density at radius 2 is 2.46 bits per heavy atom. The quantitative estimate of drug-likeness (QED) is 0.710. The summed E-state index contributed by atoms with van der Waals surface area (Å²) in [6.07, 6.45) is 2.85. The van der Waals surface area contributed by atoms with Crippen molar-refractivity contribution in [2.45, 2.75) is 19.4 Å². The highest BCUT2D eigenvalue weighted by Gasteiger charge is 2.07. The van der Waals surface area contributed by atoms with E-state index in [0.29, 0.717) is 19.4 Å². The molecule has 0 aliphatic rings. The Morgan fingerprint density at radius 1 is 1.69 bits per heavy atom. The van der Waals surface area contributed by atoms with Crippen molar-refractivity contribution in [1.82, 2.24) is 4.57 Å². The lowest BCUT2D eigenvalue weighted by molar-refractivity contribution is 0.0685. The Hall–Kier alpha value is -1.76. The number of unbranched alkanes of at least 4 members (excludes halogenated alkanes) is 1. The zero-order valence-electron chi connectivity index (χ0n) is 7.10. The van der Waals surface area contributed by atoms with Gasteiger partial charge < -0.3 is 9.67 Å². The molecule has 0 radical (unpaired) electrons. The molecule has 68 valence electrons. The number of aryl methyl sites for hydroxylation is 1. The number of nitrogens with zero attached hydrogens (tertiary/aromatic N) is 2. The fraction of sp³-hybridized carbons (Fsp3) is 0.333. The van der Waals surface area contributed by atoms with Gasteiger partial charge in [-0.15, -0.1) is 0 Å². The molecule has 0 bridgehead atoms. The Balaban J connectivity index is 2.61. The summed E-state index contributed by atoms with van der Waals surface area (Å²) in [6, 6.07) is 5.26. The predicted octanol–water partition coefficient (Wildman–Crippen LogP) is 1.49. The summed E-state index contributed by atoms with van der Waals surface area (Å²) >= 11 is 0. The molecule has 0 atom stereocenters. The first-order chi connectivity index (χ1) is 6.25. The van der Waals surface area contributed by atoms with Crippen LogP contribution in [0.3, 0.4) is 0 Å². The summed E-state index contributed by atoms with van der Waals surface area (Å²) < 4.78 is 1.64. The van der Waals surface area contributed by atoms with Crippen LogP contribution in [0.5, 0.6) is 0 Å². The predicted molar refractivity (Wildman–Crippen MR) is 46.2 cm³/mol. The van der Waals surface area contributed by atoms with E-state index in [1.807, 2.05) is 6.07 Å². The van der Waals surface area contributed by atoms with Crippen LogP contribution in [0.15, 0.2) is 18.3 Å². The van der Waals surface area contributed by atoms with Crippen LogP contribution in [0.1, 0.15) is 23.3 Å². The molecule has 1 rings (SSSR count). The number of hydrogen-bond acceptors (Lipinski definition) is 2. The molecule has 4 heteroatoms. The molecular formula is C9H10N2O2. The van der Waals surface area contributed by atoms with Gasteiger partial charge in [0.1, 0.15) is 5.69 Å². The van der Waals surface area contributed by atoms with E-state index in [4.69, 9.17) is 10.4 Å².